The molecule has 0 amide bonds. The van der Waals surface area contributed by atoms with Crippen LogP contribution < -0.4 is 15.8 Å². The van der Waals surface area contributed by atoms with Crippen LogP contribution in [0.1, 0.15) is 13.8 Å². The van der Waals surface area contributed by atoms with Crippen LogP contribution in [0.3, 0.4) is 0 Å². The van der Waals surface area contributed by atoms with Crippen LogP contribution in [-0.2, 0) is 10.0 Å². The summed E-state index contributed by atoms with van der Waals surface area (Å²) >= 11 is 0. The molecule has 0 bridgehead atoms. The first-order valence-electron chi connectivity index (χ1n) is 6.93. The molecule has 0 aromatic heterocycles. The van der Waals surface area contributed by atoms with Crippen molar-refractivity contribution in [3.05, 3.63) is 18.2 Å². The van der Waals surface area contributed by atoms with E-state index in [0.29, 0.717) is 11.6 Å². The zero-order chi connectivity index (χ0) is 16.2. The zero-order valence-electron chi connectivity index (χ0n) is 13.2. The molecule has 120 valence electrons. The standard InChI is InChI=1S/C14H26N4O2S/c1-11(2)10-18(8-7-17(3)4)14-9-12(21(16,19)20)5-6-13(14)15/h5-6,9,11H,7-8,10,15H2,1-4H3,(H2,16,19,20). The highest BCUT2D eigenvalue weighted by atomic mass is 32.2. The SMILES string of the molecule is CC(C)CN(CCN(C)C)c1cc(S(N)(=O)=O)ccc1N. The van der Waals surface area contributed by atoms with E-state index >= 15 is 0 Å². The Kier molecular flexibility index (Phi) is 6.00. The number of nitrogen functional groups attached to an aromatic ring is 1. The van der Waals surface area contributed by atoms with Gasteiger partial charge in [0.15, 0.2) is 0 Å². The number of primary sulfonamides is 1. The van der Waals surface area contributed by atoms with Crippen molar-refractivity contribution in [2.45, 2.75) is 18.7 Å². The lowest BCUT2D eigenvalue weighted by Gasteiger charge is -2.29. The summed E-state index contributed by atoms with van der Waals surface area (Å²) in [4.78, 5) is 4.27. The van der Waals surface area contributed by atoms with Gasteiger partial charge in [-0.2, -0.15) is 0 Å². The number of rotatable bonds is 7. The average Bonchev–Trinajstić information content (AvgIpc) is 2.33. The van der Waals surface area contributed by atoms with Crippen molar-refractivity contribution in [3.63, 3.8) is 0 Å². The molecule has 1 aromatic rings. The monoisotopic (exact) mass is 314 g/mol. The largest absolute Gasteiger partial charge is 0.397 e. The smallest absolute Gasteiger partial charge is 0.238 e. The molecule has 6 nitrogen and oxygen atoms in total. The molecule has 0 heterocycles. The van der Waals surface area contributed by atoms with Gasteiger partial charge < -0.3 is 15.5 Å². The molecule has 7 heteroatoms. The van der Waals surface area contributed by atoms with Crippen LogP contribution in [0.25, 0.3) is 0 Å². The highest BCUT2D eigenvalue weighted by Crippen LogP contribution is 2.27. The lowest BCUT2D eigenvalue weighted by molar-refractivity contribution is 0.409. The molecular formula is C14H26N4O2S. The number of likely N-dealkylation sites (N-methyl/N-ethyl adjacent to an activating group) is 1. The second kappa shape index (κ2) is 7.11. The number of nitrogens with two attached hydrogens (primary N) is 2. The number of hydrogen-bond donors (Lipinski definition) is 2. The Hall–Kier alpha value is -1.31. The predicted molar refractivity (Wildman–Crippen MR) is 87.8 cm³/mol. The fourth-order valence-corrected chi connectivity index (χ4v) is 2.58. The maximum atomic E-state index is 11.5. The molecule has 0 radical (unpaired) electrons. The Morgan fingerprint density at radius 1 is 1.19 bits per heavy atom. The highest BCUT2D eigenvalue weighted by molar-refractivity contribution is 7.89. The van der Waals surface area contributed by atoms with E-state index < -0.39 is 10.0 Å². The Balaban J connectivity index is 3.16. The average molecular weight is 314 g/mol. The molecular weight excluding hydrogens is 288 g/mol. The Morgan fingerprint density at radius 2 is 1.81 bits per heavy atom. The second-order valence-corrected chi connectivity index (χ2v) is 7.47. The van der Waals surface area contributed by atoms with E-state index in [1.165, 1.54) is 6.07 Å². The number of anilines is 2. The summed E-state index contributed by atoms with van der Waals surface area (Å²) in [7, 11) is 0.267. The van der Waals surface area contributed by atoms with Gasteiger partial charge >= 0.3 is 0 Å². The Labute approximate surface area is 127 Å². The number of benzene rings is 1. The fraction of sp³-hybridized carbons (Fsp3) is 0.571. The van der Waals surface area contributed by atoms with Crippen molar-refractivity contribution in [2.75, 3.05) is 44.4 Å². The number of hydrogen-bond acceptors (Lipinski definition) is 5. The molecule has 4 N–H and O–H groups in total. The highest BCUT2D eigenvalue weighted by Gasteiger charge is 2.16. The van der Waals surface area contributed by atoms with E-state index in [1.807, 2.05) is 14.1 Å². The van der Waals surface area contributed by atoms with Crippen LogP contribution in [0.2, 0.25) is 0 Å². The van der Waals surface area contributed by atoms with Crippen LogP contribution in [0.5, 0.6) is 0 Å². The van der Waals surface area contributed by atoms with Crippen LogP contribution in [0, 0.1) is 5.92 Å². The summed E-state index contributed by atoms with van der Waals surface area (Å²) in [6, 6.07) is 4.59. The molecule has 0 fully saturated rings. The van der Waals surface area contributed by atoms with Crippen molar-refractivity contribution >= 4 is 21.4 Å². The number of sulfonamides is 1. The fourth-order valence-electron chi connectivity index (χ4n) is 2.05. The third-order valence-electron chi connectivity index (χ3n) is 3.07. The number of nitrogens with zero attached hydrogens (tertiary/aromatic N) is 2. The summed E-state index contributed by atoms with van der Waals surface area (Å²) in [6.07, 6.45) is 0. The first-order chi connectivity index (χ1) is 9.61. The maximum Gasteiger partial charge on any atom is 0.238 e. The van der Waals surface area contributed by atoms with Gasteiger partial charge in [0.05, 0.1) is 16.3 Å². The molecule has 0 aliphatic heterocycles. The molecule has 0 saturated carbocycles. The molecule has 0 aliphatic carbocycles. The van der Waals surface area contributed by atoms with Crippen molar-refractivity contribution < 1.29 is 8.42 Å². The third kappa shape index (κ3) is 5.53. The van der Waals surface area contributed by atoms with Gasteiger partial charge in [0.25, 0.3) is 0 Å². The summed E-state index contributed by atoms with van der Waals surface area (Å²) in [6.45, 7) is 6.64. The molecule has 1 rings (SSSR count). The summed E-state index contributed by atoms with van der Waals surface area (Å²) in [5.74, 6) is 0.435. The third-order valence-corrected chi connectivity index (χ3v) is 3.98. The molecule has 0 saturated heterocycles. The van der Waals surface area contributed by atoms with Gasteiger partial charge in [-0.15, -0.1) is 0 Å². The van der Waals surface area contributed by atoms with Crippen LogP contribution in [0.15, 0.2) is 23.1 Å². The van der Waals surface area contributed by atoms with Gasteiger partial charge in [0, 0.05) is 19.6 Å². The topological polar surface area (TPSA) is 92.7 Å². The van der Waals surface area contributed by atoms with Gasteiger partial charge in [-0.1, -0.05) is 13.8 Å². The van der Waals surface area contributed by atoms with E-state index in [-0.39, 0.29) is 4.90 Å². The summed E-state index contributed by atoms with van der Waals surface area (Å²) in [5, 5.41) is 5.20. The van der Waals surface area contributed by atoms with Crippen molar-refractivity contribution in [1.29, 1.82) is 0 Å². The van der Waals surface area contributed by atoms with Gasteiger partial charge in [-0.25, -0.2) is 13.6 Å². The van der Waals surface area contributed by atoms with E-state index in [1.54, 1.807) is 12.1 Å². The minimum Gasteiger partial charge on any atom is -0.397 e. The minimum atomic E-state index is -3.73. The minimum absolute atomic E-state index is 0.0882. The van der Waals surface area contributed by atoms with Crippen molar-refractivity contribution in [3.8, 4) is 0 Å². The maximum absolute atomic E-state index is 11.5. The Morgan fingerprint density at radius 3 is 2.29 bits per heavy atom. The molecule has 0 aliphatic rings. The van der Waals surface area contributed by atoms with Gasteiger partial charge in [0.1, 0.15) is 0 Å². The van der Waals surface area contributed by atoms with Crippen molar-refractivity contribution in [2.24, 2.45) is 11.1 Å². The first-order valence-corrected chi connectivity index (χ1v) is 8.48. The van der Waals surface area contributed by atoms with Gasteiger partial charge in [-0.3, -0.25) is 0 Å². The van der Waals surface area contributed by atoms with E-state index in [9.17, 15) is 8.42 Å². The molecule has 0 atom stereocenters. The van der Waals surface area contributed by atoms with Gasteiger partial charge in [0.2, 0.25) is 10.0 Å². The molecule has 21 heavy (non-hydrogen) atoms. The quantitative estimate of drug-likeness (QED) is 0.731. The molecule has 0 unspecified atom stereocenters. The lowest BCUT2D eigenvalue weighted by atomic mass is 10.1. The molecule has 1 aromatic carbocycles. The van der Waals surface area contributed by atoms with Crippen LogP contribution in [0.4, 0.5) is 11.4 Å². The zero-order valence-corrected chi connectivity index (χ0v) is 14.0. The first kappa shape index (κ1) is 17.7. The van der Waals surface area contributed by atoms with Gasteiger partial charge in [-0.05, 0) is 38.2 Å². The normalized spacial score (nSPS) is 12.1. The lowest BCUT2D eigenvalue weighted by Crippen LogP contribution is -2.35. The van der Waals surface area contributed by atoms with Crippen LogP contribution in [-0.4, -0.2) is 47.0 Å². The van der Waals surface area contributed by atoms with Crippen molar-refractivity contribution in [1.82, 2.24) is 4.90 Å². The van der Waals surface area contributed by atoms with E-state index in [0.717, 1.165) is 25.3 Å². The molecule has 0 spiro atoms. The van der Waals surface area contributed by atoms with E-state index in [2.05, 4.69) is 23.6 Å². The Bertz CT molecular complexity index is 570. The van der Waals surface area contributed by atoms with Crippen LogP contribution >= 0.6 is 0 Å². The second-order valence-electron chi connectivity index (χ2n) is 5.91. The van der Waals surface area contributed by atoms with E-state index in [4.69, 9.17) is 10.9 Å². The predicted octanol–water partition coefficient (Wildman–Crippen LogP) is 0.940. The summed E-state index contributed by atoms with van der Waals surface area (Å²) in [5.41, 5.74) is 7.30. The summed E-state index contributed by atoms with van der Waals surface area (Å²) < 4.78 is 23.0.